The van der Waals surface area contributed by atoms with Crippen molar-refractivity contribution in [2.75, 3.05) is 0 Å². The second-order valence-corrected chi connectivity index (χ2v) is 16.4. The first-order valence-corrected chi connectivity index (χ1v) is 23.3. The van der Waals surface area contributed by atoms with E-state index in [-0.39, 0.29) is 86.1 Å². The third-order valence-corrected chi connectivity index (χ3v) is 10.9. The minimum Gasteiger partial charge on any atom is -0.550 e. The maximum absolute atomic E-state index is 10.6. The standard InChI is InChI=1S/2C25H42O4.Ba/c2*1-2-3-4-5-6-7-11-16-23(26)19-20-24(17-12-13-18-25(27)28)29-21-22-14-9-8-10-15-22;/h2*8-10,14-15,23-24,26H,2-7,11-13,16-21H2,1H3,(H,27,28);/q;;+2/p-2. The van der Waals surface area contributed by atoms with E-state index in [1.165, 1.54) is 77.0 Å². The summed E-state index contributed by atoms with van der Waals surface area (Å²) >= 11 is 0. The molecule has 0 saturated carbocycles. The van der Waals surface area contributed by atoms with Crippen LogP contribution in [0.1, 0.15) is 205 Å². The summed E-state index contributed by atoms with van der Waals surface area (Å²) in [7, 11) is 0. The molecule has 0 heterocycles. The Bertz CT molecular complexity index is 1110. The first kappa shape index (κ1) is 57.8. The number of ether oxygens (including phenoxy) is 2. The Balaban J connectivity index is 0.00000112. The molecule has 0 amide bonds. The van der Waals surface area contributed by atoms with Crippen LogP contribution in [-0.2, 0) is 32.3 Å². The molecule has 0 aliphatic heterocycles. The third-order valence-electron chi connectivity index (χ3n) is 10.9. The Morgan fingerprint density at radius 1 is 0.458 bits per heavy atom. The summed E-state index contributed by atoms with van der Waals surface area (Å²) in [6.45, 7) is 5.58. The molecular formula is C50H82BaO8. The minimum absolute atomic E-state index is 0. The number of aliphatic carboxylic acids is 2. The zero-order chi connectivity index (χ0) is 42.3. The Labute approximate surface area is 400 Å². The van der Waals surface area contributed by atoms with Gasteiger partial charge in [0.15, 0.2) is 0 Å². The molecule has 0 radical (unpaired) electrons. The van der Waals surface area contributed by atoms with Gasteiger partial charge in [-0.05, 0) is 88.2 Å². The number of carbonyl (C=O) groups excluding carboxylic acids is 2. The van der Waals surface area contributed by atoms with Crippen LogP contribution in [0.2, 0.25) is 0 Å². The fraction of sp³-hybridized carbons (Fsp3) is 0.720. The number of hydrogen-bond acceptors (Lipinski definition) is 8. The predicted octanol–water partition coefficient (Wildman–Crippen LogP) is 9.95. The SMILES string of the molecule is CCCCCCCCCC(O)CCC(CCCCC(=O)[O-])OCc1ccccc1.CCCCCCCCCC(O)CCC(CCCCC(=O)[O-])OCc1ccccc1.[Ba+2]. The van der Waals surface area contributed by atoms with E-state index < -0.39 is 11.9 Å². The summed E-state index contributed by atoms with van der Waals surface area (Å²) in [5, 5.41) is 41.8. The number of carbonyl (C=O) groups is 2. The van der Waals surface area contributed by atoms with Crippen molar-refractivity contribution in [3.05, 3.63) is 71.8 Å². The van der Waals surface area contributed by atoms with Crippen LogP contribution in [0.25, 0.3) is 0 Å². The fourth-order valence-corrected chi connectivity index (χ4v) is 7.20. The van der Waals surface area contributed by atoms with E-state index in [0.717, 1.165) is 88.2 Å². The van der Waals surface area contributed by atoms with E-state index in [4.69, 9.17) is 9.47 Å². The largest absolute Gasteiger partial charge is 2.00 e. The second kappa shape index (κ2) is 42.1. The van der Waals surface area contributed by atoms with Crippen LogP contribution in [0.4, 0.5) is 0 Å². The van der Waals surface area contributed by atoms with Crippen molar-refractivity contribution in [1.29, 1.82) is 0 Å². The topological polar surface area (TPSA) is 139 Å². The summed E-state index contributed by atoms with van der Waals surface area (Å²) in [6, 6.07) is 20.1. The van der Waals surface area contributed by atoms with Crippen molar-refractivity contribution >= 4 is 60.8 Å². The van der Waals surface area contributed by atoms with Crippen LogP contribution >= 0.6 is 0 Å². The molecule has 8 nitrogen and oxygen atoms in total. The van der Waals surface area contributed by atoms with Gasteiger partial charge in [-0.1, -0.05) is 177 Å². The van der Waals surface area contributed by atoms with E-state index in [0.29, 0.717) is 26.1 Å². The van der Waals surface area contributed by atoms with Crippen LogP contribution in [0.3, 0.4) is 0 Å². The van der Waals surface area contributed by atoms with E-state index in [1.807, 2.05) is 60.7 Å². The first-order chi connectivity index (χ1) is 28.2. The van der Waals surface area contributed by atoms with E-state index in [1.54, 1.807) is 0 Å². The summed E-state index contributed by atoms with van der Waals surface area (Å²) in [6.07, 6.45) is 26.8. The summed E-state index contributed by atoms with van der Waals surface area (Å²) < 4.78 is 12.2. The van der Waals surface area contributed by atoms with Crippen molar-refractivity contribution < 1.29 is 39.5 Å². The molecule has 9 heteroatoms. The summed E-state index contributed by atoms with van der Waals surface area (Å²) in [5.41, 5.74) is 2.27. The van der Waals surface area contributed by atoms with E-state index >= 15 is 0 Å². The normalized spacial score (nSPS) is 13.1. The molecule has 2 aromatic carbocycles. The number of carboxylic acids is 2. The number of unbranched alkanes of at least 4 members (excludes halogenated alkanes) is 14. The summed E-state index contributed by atoms with van der Waals surface area (Å²) in [5.74, 6) is -1.98. The monoisotopic (exact) mass is 949 g/mol. The van der Waals surface area contributed by atoms with Crippen LogP contribution in [0.15, 0.2) is 60.7 Å². The molecule has 2 N–H and O–H groups in total. The molecule has 59 heavy (non-hydrogen) atoms. The molecule has 2 rings (SSSR count). The fourth-order valence-electron chi connectivity index (χ4n) is 7.20. The molecule has 4 unspecified atom stereocenters. The Morgan fingerprint density at radius 2 is 0.780 bits per heavy atom. The number of aliphatic hydroxyl groups is 2. The van der Waals surface area contributed by atoms with E-state index in [9.17, 15) is 30.0 Å². The van der Waals surface area contributed by atoms with Gasteiger partial charge in [0.1, 0.15) is 0 Å². The maximum atomic E-state index is 10.6. The molecule has 0 bridgehead atoms. The van der Waals surface area contributed by atoms with Crippen LogP contribution in [-0.4, -0.2) is 95.4 Å². The number of rotatable bonds is 38. The van der Waals surface area contributed by atoms with E-state index in [2.05, 4.69) is 13.8 Å². The second-order valence-electron chi connectivity index (χ2n) is 16.4. The van der Waals surface area contributed by atoms with Crippen molar-refractivity contribution in [1.82, 2.24) is 0 Å². The molecular weight excluding hydrogens is 866 g/mol. The Kier molecular flexibility index (Phi) is 41.2. The van der Waals surface area contributed by atoms with Crippen LogP contribution in [0.5, 0.6) is 0 Å². The minimum atomic E-state index is -0.989. The van der Waals surface area contributed by atoms with Gasteiger partial charge in [0.25, 0.3) is 0 Å². The molecule has 0 aliphatic rings. The maximum Gasteiger partial charge on any atom is 2.00 e. The van der Waals surface area contributed by atoms with Gasteiger partial charge < -0.3 is 39.5 Å². The van der Waals surface area contributed by atoms with Gasteiger partial charge in [0, 0.05) is 11.9 Å². The molecule has 0 saturated heterocycles. The average molecular weight is 949 g/mol. The molecule has 4 atom stereocenters. The zero-order valence-electron chi connectivity index (χ0n) is 37.3. The van der Waals surface area contributed by atoms with Gasteiger partial charge in [0.05, 0.1) is 37.6 Å². The molecule has 332 valence electrons. The van der Waals surface area contributed by atoms with Gasteiger partial charge in [-0.15, -0.1) is 0 Å². The zero-order valence-corrected chi connectivity index (χ0v) is 41.8. The van der Waals surface area contributed by atoms with Gasteiger partial charge in [-0.25, -0.2) is 0 Å². The van der Waals surface area contributed by atoms with Gasteiger partial charge in [-0.3, -0.25) is 0 Å². The first-order valence-electron chi connectivity index (χ1n) is 23.3. The number of aliphatic hydroxyl groups excluding tert-OH is 2. The molecule has 0 aliphatic carbocycles. The third kappa shape index (κ3) is 38.2. The number of carboxylic acid groups (broad SMARTS) is 2. The smallest absolute Gasteiger partial charge is 0.550 e. The molecule has 0 spiro atoms. The van der Waals surface area contributed by atoms with Gasteiger partial charge >= 0.3 is 48.9 Å². The van der Waals surface area contributed by atoms with Crippen LogP contribution < -0.4 is 10.2 Å². The van der Waals surface area contributed by atoms with Gasteiger partial charge in [-0.2, -0.15) is 0 Å². The predicted molar refractivity (Wildman–Crippen MR) is 238 cm³/mol. The van der Waals surface area contributed by atoms with Crippen molar-refractivity contribution in [3.63, 3.8) is 0 Å². The number of hydrogen-bond donors (Lipinski definition) is 2. The molecule has 0 fully saturated rings. The molecule has 2 aromatic rings. The van der Waals surface area contributed by atoms with Gasteiger partial charge in [0.2, 0.25) is 0 Å². The van der Waals surface area contributed by atoms with Crippen molar-refractivity contribution in [2.24, 2.45) is 0 Å². The quantitative estimate of drug-likeness (QED) is 0.0501. The van der Waals surface area contributed by atoms with Crippen molar-refractivity contribution in [2.45, 2.75) is 231 Å². The van der Waals surface area contributed by atoms with Crippen LogP contribution in [0, 0.1) is 0 Å². The van der Waals surface area contributed by atoms with Crippen molar-refractivity contribution in [3.8, 4) is 0 Å². The Morgan fingerprint density at radius 3 is 1.12 bits per heavy atom. The summed E-state index contributed by atoms with van der Waals surface area (Å²) in [4.78, 5) is 21.2. The number of benzene rings is 2. The molecule has 0 aromatic heterocycles. The average Bonchev–Trinajstić information content (AvgIpc) is 3.22. The Hall–Kier alpha value is -1.21.